The van der Waals surface area contributed by atoms with Gasteiger partial charge in [0.05, 0.1) is 5.56 Å². The molecule has 4 heteroatoms. The maximum absolute atomic E-state index is 12.3. The van der Waals surface area contributed by atoms with E-state index in [4.69, 9.17) is 10.6 Å². The van der Waals surface area contributed by atoms with Gasteiger partial charge in [0.15, 0.2) is 0 Å². The van der Waals surface area contributed by atoms with Gasteiger partial charge in [-0.2, -0.15) is 5.90 Å². The fourth-order valence-corrected chi connectivity index (χ4v) is 3.84. The third-order valence-corrected chi connectivity index (χ3v) is 5.33. The highest BCUT2D eigenvalue weighted by Crippen LogP contribution is 2.37. The highest BCUT2D eigenvalue weighted by molar-refractivity contribution is 5.91. The van der Waals surface area contributed by atoms with Crippen molar-refractivity contribution in [3.63, 3.8) is 0 Å². The highest BCUT2D eigenvalue weighted by atomic mass is 16.6. The molecule has 0 bridgehead atoms. The van der Waals surface area contributed by atoms with E-state index in [0.717, 1.165) is 5.92 Å². The molecule has 0 amide bonds. The van der Waals surface area contributed by atoms with E-state index in [2.05, 4.69) is 23.9 Å². The molecule has 2 aromatic carbocycles. The Balaban J connectivity index is 1.57. The minimum atomic E-state index is -0.357. The minimum absolute atomic E-state index is 0.357. The van der Waals surface area contributed by atoms with Crippen LogP contribution in [0.25, 0.3) is 0 Å². The summed E-state index contributed by atoms with van der Waals surface area (Å²) < 4.78 is 5.39. The molecule has 0 unspecified atom stereocenters. The Kier molecular flexibility index (Phi) is 6.29. The van der Waals surface area contributed by atoms with Crippen molar-refractivity contribution in [1.82, 2.24) is 0 Å². The third kappa shape index (κ3) is 4.64. The Labute approximate surface area is 155 Å². The number of nitrogens with two attached hydrogens (primary N) is 1. The molecule has 0 saturated heterocycles. The summed E-state index contributed by atoms with van der Waals surface area (Å²) in [5.41, 5.74) is 1.90. The maximum Gasteiger partial charge on any atom is 0.343 e. The van der Waals surface area contributed by atoms with Crippen molar-refractivity contribution in [3.8, 4) is 11.5 Å². The van der Waals surface area contributed by atoms with E-state index in [1.54, 1.807) is 24.3 Å². The summed E-state index contributed by atoms with van der Waals surface area (Å²) in [6.07, 6.45) is 7.80. The van der Waals surface area contributed by atoms with Crippen LogP contribution in [0.4, 0.5) is 0 Å². The molecule has 1 aliphatic rings. The smallest absolute Gasteiger partial charge is 0.343 e. The van der Waals surface area contributed by atoms with Crippen LogP contribution >= 0.6 is 0 Å². The lowest BCUT2D eigenvalue weighted by Crippen LogP contribution is -2.13. The summed E-state index contributed by atoms with van der Waals surface area (Å²) >= 11 is 0. The summed E-state index contributed by atoms with van der Waals surface area (Å²) in [5, 5.41) is 0. The van der Waals surface area contributed by atoms with Crippen molar-refractivity contribution in [2.75, 3.05) is 0 Å². The number of carbonyl (C=O) groups is 1. The molecule has 138 valence electrons. The summed E-state index contributed by atoms with van der Waals surface area (Å²) in [6, 6.07) is 14.5. The van der Waals surface area contributed by atoms with Gasteiger partial charge in [-0.25, -0.2) is 4.79 Å². The molecule has 2 N–H and O–H groups in total. The first-order chi connectivity index (χ1) is 12.7. The summed E-state index contributed by atoms with van der Waals surface area (Å²) in [7, 11) is 0. The van der Waals surface area contributed by atoms with Gasteiger partial charge in [0.2, 0.25) is 0 Å². The van der Waals surface area contributed by atoms with Crippen LogP contribution in [0, 0.1) is 5.92 Å². The van der Waals surface area contributed by atoms with Crippen LogP contribution in [0.5, 0.6) is 11.5 Å². The van der Waals surface area contributed by atoms with Crippen LogP contribution in [0.2, 0.25) is 0 Å². The first-order valence-corrected chi connectivity index (χ1v) is 9.48. The second-order valence-electron chi connectivity index (χ2n) is 7.11. The Morgan fingerprint density at radius 3 is 2.15 bits per heavy atom. The van der Waals surface area contributed by atoms with Gasteiger partial charge in [0.25, 0.3) is 0 Å². The Bertz CT molecular complexity index is 701. The Morgan fingerprint density at radius 1 is 0.962 bits per heavy atom. The molecule has 0 spiro atoms. The number of benzene rings is 2. The van der Waals surface area contributed by atoms with E-state index in [1.807, 2.05) is 12.1 Å². The summed E-state index contributed by atoms with van der Waals surface area (Å²) in [5.74, 6) is 7.24. The molecule has 0 heterocycles. The Hall–Kier alpha value is -2.33. The van der Waals surface area contributed by atoms with E-state index in [1.165, 1.54) is 44.1 Å². The number of esters is 1. The molecule has 1 saturated carbocycles. The lowest BCUT2D eigenvalue weighted by Gasteiger charge is -2.28. The van der Waals surface area contributed by atoms with Crippen molar-refractivity contribution >= 4 is 5.97 Å². The fraction of sp³-hybridized carbons (Fsp3) is 0.409. The number of ether oxygens (including phenoxy) is 1. The second kappa shape index (κ2) is 8.86. The molecule has 2 aromatic rings. The fourth-order valence-electron chi connectivity index (χ4n) is 3.84. The minimum Gasteiger partial charge on any atom is -0.423 e. The van der Waals surface area contributed by atoms with E-state index < -0.39 is 0 Å². The van der Waals surface area contributed by atoms with Gasteiger partial charge < -0.3 is 9.57 Å². The number of hydrogen-bond donors (Lipinski definition) is 1. The number of rotatable bonds is 6. The van der Waals surface area contributed by atoms with Gasteiger partial charge in [-0.1, -0.05) is 31.9 Å². The lowest BCUT2D eigenvalue weighted by atomic mass is 9.77. The molecule has 0 atom stereocenters. The van der Waals surface area contributed by atoms with Crippen molar-refractivity contribution in [2.45, 2.75) is 51.4 Å². The predicted octanol–water partition coefficient (Wildman–Crippen LogP) is 5.23. The summed E-state index contributed by atoms with van der Waals surface area (Å²) in [4.78, 5) is 16.9. The second-order valence-corrected chi connectivity index (χ2v) is 7.11. The molecule has 1 aliphatic carbocycles. The van der Waals surface area contributed by atoms with E-state index in [-0.39, 0.29) is 5.97 Å². The number of hydrogen-bond acceptors (Lipinski definition) is 4. The monoisotopic (exact) mass is 353 g/mol. The molecule has 0 aliphatic heterocycles. The third-order valence-electron chi connectivity index (χ3n) is 5.33. The largest absolute Gasteiger partial charge is 0.423 e. The van der Waals surface area contributed by atoms with Crippen LogP contribution in [-0.4, -0.2) is 5.97 Å². The first-order valence-electron chi connectivity index (χ1n) is 9.48. The molecule has 0 radical (unpaired) electrons. The molecule has 1 fully saturated rings. The first kappa shape index (κ1) is 18.5. The zero-order valence-electron chi connectivity index (χ0n) is 15.3. The van der Waals surface area contributed by atoms with Crippen molar-refractivity contribution in [3.05, 3.63) is 59.7 Å². The zero-order chi connectivity index (χ0) is 18.4. The molecule has 3 rings (SSSR count). The van der Waals surface area contributed by atoms with Crippen LogP contribution in [0.3, 0.4) is 0 Å². The predicted molar refractivity (Wildman–Crippen MR) is 102 cm³/mol. The zero-order valence-corrected chi connectivity index (χ0v) is 15.3. The van der Waals surface area contributed by atoms with Crippen molar-refractivity contribution < 1.29 is 14.4 Å². The quantitative estimate of drug-likeness (QED) is 0.439. The lowest BCUT2D eigenvalue weighted by molar-refractivity contribution is 0.0734. The molecular weight excluding hydrogens is 326 g/mol. The highest BCUT2D eigenvalue weighted by Gasteiger charge is 2.22. The normalized spacial score (nSPS) is 19.8. The summed E-state index contributed by atoms with van der Waals surface area (Å²) in [6.45, 7) is 2.27. The van der Waals surface area contributed by atoms with Crippen LogP contribution in [0.1, 0.15) is 67.3 Å². The van der Waals surface area contributed by atoms with E-state index >= 15 is 0 Å². The molecule has 0 aromatic heterocycles. The van der Waals surface area contributed by atoms with Crippen molar-refractivity contribution in [2.24, 2.45) is 11.8 Å². The molecule has 26 heavy (non-hydrogen) atoms. The average Bonchev–Trinajstić information content (AvgIpc) is 2.69. The van der Waals surface area contributed by atoms with Gasteiger partial charge in [-0.05, 0) is 79.5 Å². The van der Waals surface area contributed by atoms with Gasteiger partial charge >= 0.3 is 5.97 Å². The molecule has 4 nitrogen and oxygen atoms in total. The van der Waals surface area contributed by atoms with Crippen LogP contribution < -0.4 is 15.5 Å². The van der Waals surface area contributed by atoms with E-state index in [0.29, 0.717) is 23.0 Å². The number of carbonyl (C=O) groups excluding carboxylic acids is 1. The average molecular weight is 353 g/mol. The SMILES string of the molecule is CCCC1CCC(c2ccc(C(=O)Oc3ccc(ON)cc3)cc2)CC1. The van der Waals surface area contributed by atoms with Gasteiger partial charge in [0.1, 0.15) is 11.5 Å². The van der Waals surface area contributed by atoms with Gasteiger partial charge in [-0.15, -0.1) is 0 Å². The standard InChI is InChI=1S/C22H27NO3/c1-2-3-16-4-6-17(7-5-16)18-8-10-19(11-9-18)22(24)25-20-12-14-21(26-23)15-13-20/h8-17H,2-7,23H2,1H3. The Morgan fingerprint density at radius 2 is 1.58 bits per heavy atom. The van der Waals surface area contributed by atoms with E-state index in [9.17, 15) is 4.79 Å². The maximum atomic E-state index is 12.3. The van der Waals surface area contributed by atoms with Crippen LogP contribution in [0.15, 0.2) is 48.5 Å². The van der Waals surface area contributed by atoms with Crippen LogP contribution in [-0.2, 0) is 0 Å². The van der Waals surface area contributed by atoms with Crippen molar-refractivity contribution in [1.29, 1.82) is 0 Å². The van der Waals surface area contributed by atoms with Gasteiger partial charge in [-0.3, -0.25) is 0 Å². The topological polar surface area (TPSA) is 61.5 Å². The molecular formula is C22H27NO3. The van der Waals surface area contributed by atoms with Gasteiger partial charge in [0, 0.05) is 0 Å².